The van der Waals surface area contributed by atoms with Gasteiger partial charge in [-0.25, -0.2) is 4.39 Å². The highest BCUT2D eigenvalue weighted by molar-refractivity contribution is 5.76. The molecule has 5 nitrogen and oxygen atoms in total. The summed E-state index contributed by atoms with van der Waals surface area (Å²) in [5.74, 6) is 1.72. The third-order valence-corrected chi connectivity index (χ3v) is 4.44. The summed E-state index contributed by atoms with van der Waals surface area (Å²) in [6, 6.07) is 10.4. The van der Waals surface area contributed by atoms with Crippen molar-refractivity contribution in [3.05, 3.63) is 53.7 Å². The van der Waals surface area contributed by atoms with Crippen molar-refractivity contribution in [3.8, 4) is 0 Å². The molecule has 2 heterocycles. The first kappa shape index (κ1) is 17.5. The molecule has 1 aliphatic heterocycles. The summed E-state index contributed by atoms with van der Waals surface area (Å²) < 4.78 is 18.5. The lowest BCUT2D eigenvalue weighted by molar-refractivity contribution is -0.131. The highest BCUT2D eigenvalue weighted by Gasteiger charge is 2.20. The standard InChI is InChI=1S/C19H24FN3O2/c1-15-2-7-18(25-15)14-21-9-8-19(24)23-12-10-22(11-13-23)17-5-3-16(20)4-6-17/h2-7,21H,8-14H2,1H3. The summed E-state index contributed by atoms with van der Waals surface area (Å²) in [5.41, 5.74) is 1.00. The van der Waals surface area contributed by atoms with E-state index in [-0.39, 0.29) is 11.7 Å². The van der Waals surface area contributed by atoms with Crippen LogP contribution in [0.3, 0.4) is 0 Å². The maximum absolute atomic E-state index is 13.0. The Bertz CT molecular complexity index is 691. The van der Waals surface area contributed by atoms with Gasteiger partial charge in [-0.15, -0.1) is 0 Å². The number of nitrogens with zero attached hydrogens (tertiary/aromatic N) is 2. The quantitative estimate of drug-likeness (QED) is 0.818. The zero-order chi connectivity index (χ0) is 17.6. The number of carbonyl (C=O) groups is 1. The Hall–Kier alpha value is -2.34. The fraction of sp³-hybridized carbons (Fsp3) is 0.421. The molecule has 1 aromatic heterocycles. The molecule has 1 aliphatic rings. The molecule has 134 valence electrons. The first-order valence-corrected chi connectivity index (χ1v) is 8.66. The maximum atomic E-state index is 13.0. The molecular weight excluding hydrogens is 321 g/mol. The van der Waals surface area contributed by atoms with Gasteiger partial charge in [-0.2, -0.15) is 0 Å². The van der Waals surface area contributed by atoms with E-state index in [1.165, 1.54) is 12.1 Å². The second-order valence-corrected chi connectivity index (χ2v) is 6.28. The summed E-state index contributed by atoms with van der Waals surface area (Å²) in [6.07, 6.45) is 0.482. The Morgan fingerprint density at radius 2 is 1.84 bits per heavy atom. The molecule has 3 rings (SSSR count). The van der Waals surface area contributed by atoms with Gasteiger partial charge in [0, 0.05) is 44.8 Å². The lowest BCUT2D eigenvalue weighted by Crippen LogP contribution is -2.49. The van der Waals surface area contributed by atoms with E-state index in [1.807, 2.05) is 24.0 Å². The number of furan rings is 1. The van der Waals surface area contributed by atoms with Gasteiger partial charge in [0.25, 0.3) is 0 Å². The highest BCUT2D eigenvalue weighted by Crippen LogP contribution is 2.17. The molecule has 1 amide bonds. The van der Waals surface area contributed by atoms with Gasteiger partial charge in [-0.3, -0.25) is 4.79 Å². The van der Waals surface area contributed by atoms with Crippen LogP contribution < -0.4 is 10.2 Å². The van der Waals surface area contributed by atoms with Gasteiger partial charge in [0.1, 0.15) is 17.3 Å². The predicted molar refractivity (Wildman–Crippen MR) is 95.0 cm³/mol. The fourth-order valence-corrected chi connectivity index (χ4v) is 3.01. The van der Waals surface area contributed by atoms with Crippen LogP contribution in [-0.2, 0) is 11.3 Å². The van der Waals surface area contributed by atoms with Crippen LogP contribution >= 0.6 is 0 Å². The van der Waals surface area contributed by atoms with E-state index in [9.17, 15) is 9.18 Å². The van der Waals surface area contributed by atoms with Crippen LogP contribution in [0, 0.1) is 12.7 Å². The number of piperazine rings is 1. The summed E-state index contributed by atoms with van der Waals surface area (Å²) in [4.78, 5) is 16.4. The van der Waals surface area contributed by atoms with Crippen LogP contribution in [0.4, 0.5) is 10.1 Å². The third-order valence-electron chi connectivity index (χ3n) is 4.44. The van der Waals surface area contributed by atoms with Crippen molar-refractivity contribution in [2.75, 3.05) is 37.6 Å². The number of hydrogen-bond donors (Lipinski definition) is 1. The van der Waals surface area contributed by atoms with Gasteiger partial charge in [-0.1, -0.05) is 0 Å². The Morgan fingerprint density at radius 1 is 1.12 bits per heavy atom. The summed E-state index contributed by atoms with van der Waals surface area (Å²) in [6.45, 7) is 6.14. The second-order valence-electron chi connectivity index (χ2n) is 6.28. The van der Waals surface area contributed by atoms with E-state index < -0.39 is 0 Å². The Morgan fingerprint density at radius 3 is 2.48 bits per heavy atom. The Labute approximate surface area is 147 Å². The van der Waals surface area contributed by atoms with E-state index in [2.05, 4.69) is 10.2 Å². The molecule has 25 heavy (non-hydrogen) atoms. The number of hydrogen-bond acceptors (Lipinski definition) is 4. The first-order valence-electron chi connectivity index (χ1n) is 8.66. The summed E-state index contributed by atoms with van der Waals surface area (Å²) >= 11 is 0. The molecule has 6 heteroatoms. The van der Waals surface area contributed by atoms with E-state index in [4.69, 9.17) is 4.42 Å². The molecule has 0 unspecified atom stereocenters. The van der Waals surface area contributed by atoms with E-state index in [0.29, 0.717) is 32.6 Å². The maximum Gasteiger partial charge on any atom is 0.223 e. The van der Waals surface area contributed by atoms with Crippen LogP contribution in [0.1, 0.15) is 17.9 Å². The number of benzene rings is 1. The van der Waals surface area contributed by atoms with Crippen molar-refractivity contribution in [1.82, 2.24) is 10.2 Å². The van der Waals surface area contributed by atoms with Gasteiger partial charge >= 0.3 is 0 Å². The minimum absolute atomic E-state index is 0.168. The first-order chi connectivity index (χ1) is 12.1. The largest absolute Gasteiger partial charge is 0.465 e. The number of anilines is 1. The smallest absolute Gasteiger partial charge is 0.223 e. The molecular formula is C19H24FN3O2. The molecule has 0 atom stereocenters. The Balaban J connectivity index is 1.37. The molecule has 0 spiro atoms. The minimum atomic E-state index is -0.227. The van der Waals surface area contributed by atoms with Gasteiger partial charge < -0.3 is 19.5 Å². The van der Waals surface area contributed by atoms with Gasteiger partial charge in [0.05, 0.1) is 6.54 Å². The van der Waals surface area contributed by atoms with E-state index in [0.717, 1.165) is 30.3 Å². The number of aryl methyl sites for hydroxylation is 1. The number of nitrogens with one attached hydrogen (secondary N) is 1. The van der Waals surface area contributed by atoms with Crippen molar-refractivity contribution in [2.45, 2.75) is 19.9 Å². The molecule has 1 fully saturated rings. The average molecular weight is 345 g/mol. The normalized spacial score (nSPS) is 14.8. The molecule has 2 aromatic rings. The number of amides is 1. The third kappa shape index (κ3) is 4.82. The zero-order valence-corrected chi connectivity index (χ0v) is 14.5. The van der Waals surface area contributed by atoms with Crippen molar-refractivity contribution < 1.29 is 13.6 Å². The number of carbonyl (C=O) groups excluding carboxylic acids is 1. The van der Waals surface area contributed by atoms with Crippen LogP contribution in [0.25, 0.3) is 0 Å². The van der Waals surface area contributed by atoms with Crippen molar-refractivity contribution in [3.63, 3.8) is 0 Å². The van der Waals surface area contributed by atoms with Crippen molar-refractivity contribution >= 4 is 11.6 Å². The van der Waals surface area contributed by atoms with E-state index in [1.54, 1.807) is 12.1 Å². The van der Waals surface area contributed by atoms with Crippen molar-refractivity contribution in [2.24, 2.45) is 0 Å². The predicted octanol–water partition coefficient (Wildman–Crippen LogP) is 2.56. The Kier molecular flexibility index (Phi) is 5.71. The highest BCUT2D eigenvalue weighted by atomic mass is 19.1. The van der Waals surface area contributed by atoms with E-state index >= 15 is 0 Å². The van der Waals surface area contributed by atoms with Crippen molar-refractivity contribution in [1.29, 1.82) is 0 Å². The lowest BCUT2D eigenvalue weighted by Gasteiger charge is -2.36. The topological polar surface area (TPSA) is 48.7 Å². The molecule has 0 bridgehead atoms. The zero-order valence-electron chi connectivity index (χ0n) is 14.5. The van der Waals surface area contributed by atoms with Gasteiger partial charge in [0.2, 0.25) is 5.91 Å². The minimum Gasteiger partial charge on any atom is -0.465 e. The number of rotatable bonds is 6. The average Bonchev–Trinajstić information content (AvgIpc) is 3.05. The van der Waals surface area contributed by atoms with Crippen LogP contribution in [0.15, 0.2) is 40.8 Å². The monoisotopic (exact) mass is 345 g/mol. The molecule has 0 saturated carbocycles. The lowest BCUT2D eigenvalue weighted by atomic mass is 10.2. The summed E-state index contributed by atoms with van der Waals surface area (Å²) in [7, 11) is 0. The second kappa shape index (κ2) is 8.16. The summed E-state index contributed by atoms with van der Waals surface area (Å²) in [5, 5.41) is 3.24. The van der Waals surface area contributed by atoms with Gasteiger partial charge in [-0.05, 0) is 43.3 Å². The fourth-order valence-electron chi connectivity index (χ4n) is 3.01. The molecule has 1 aromatic carbocycles. The molecule has 1 N–H and O–H groups in total. The SMILES string of the molecule is Cc1ccc(CNCCC(=O)N2CCN(c3ccc(F)cc3)CC2)o1. The molecule has 0 radical (unpaired) electrons. The molecule has 1 saturated heterocycles. The number of halogens is 1. The van der Waals surface area contributed by atoms with Crippen LogP contribution in [0.5, 0.6) is 0 Å². The van der Waals surface area contributed by atoms with Crippen LogP contribution in [0.2, 0.25) is 0 Å². The molecule has 0 aliphatic carbocycles. The van der Waals surface area contributed by atoms with Crippen LogP contribution in [-0.4, -0.2) is 43.5 Å². The van der Waals surface area contributed by atoms with Gasteiger partial charge in [0.15, 0.2) is 0 Å².